The average Bonchev–Trinajstić information content (AvgIpc) is 2.05. The molecule has 58 valence electrons. The fraction of sp³-hybridized carbons (Fsp3) is 0.200. The summed E-state index contributed by atoms with van der Waals surface area (Å²) in [5, 5.41) is 0. The lowest BCUT2D eigenvalue weighted by molar-refractivity contribution is 0.626. The molecule has 0 nitrogen and oxygen atoms in total. The Balaban J connectivity index is 2.89. The van der Waals surface area contributed by atoms with Crippen molar-refractivity contribution in [1.29, 1.82) is 0 Å². The van der Waals surface area contributed by atoms with Crippen molar-refractivity contribution < 1.29 is 4.39 Å². The Labute approximate surface area is 66.4 Å². The van der Waals surface area contributed by atoms with Gasteiger partial charge in [-0.05, 0) is 23.6 Å². The van der Waals surface area contributed by atoms with Gasteiger partial charge in [0.2, 0.25) is 0 Å². The van der Waals surface area contributed by atoms with Gasteiger partial charge >= 0.3 is 0 Å². The molecule has 0 aliphatic carbocycles. The molecule has 0 fully saturated rings. The molecule has 1 aromatic rings. The first kappa shape index (κ1) is 7.99. The molecule has 11 heavy (non-hydrogen) atoms. The summed E-state index contributed by atoms with van der Waals surface area (Å²) in [5.41, 5.74) is 1.10. The average molecular weight is 150 g/mol. The number of benzene rings is 1. The second-order valence-electron chi connectivity index (χ2n) is 2.58. The van der Waals surface area contributed by atoms with Crippen molar-refractivity contribution in [3.8, 4) is 0 Å². The number of hydrogen-bond donors (Lipinski definition) is 0. The standard InChI is InChI=1S/C10H11F/c1-3-8(2)9-4-6-10(11)7-5-9/h3-8H,1H2,2H3. The fourth-order valence-corrected chi connectivity index (χ4v) is 0.902. The highest BCUT2D eigenvalue weighted by atomic mass is 19.1. The lowest BCUT2D eigenvalue weighted by Gasteiger charge is -2.04. The minimum atomic E-state index is -0.190. The Morgan fingerprint density at radius 1 is 1.36 bits per heavy atom. The van der Waals surface area contributed by atoms with Gasteiger partial charge < -0.3 is 0 Å². The molecule has 0 saturated heterocycles. The summed E-state index contributed by atoms with van der Waals surface area (Å²) in [6.07, 6.45) is 1.84. The van der Waals surface area contributed by atoms with Crippen LogP contribution in [0, 0.1) is 5.82 Å². The van der Waals surface area contributed by atoms with Crippen LogP contribution in [0.15, 0.2) is 36.9 Å². The molecule has 0 aliphatic rings. The molecule has 0 bridgehead atoms. The number of rotatable bonds is 2. The molecular weight excluding hydrogens is 139 g/mol. The van der Waals surface area contributed by atoms with Crippen LogP contribution in [-0.4, -0.2) is 0 Å². The quantitative estimate of drug-likeness (QED) is 0.568. The molecule has 0 amide bonds. The Morgan fingerprint density at radius 3 is 2.36 bits per heavy atom. The molecule has 1 unspecified atom stereocenters. The smallest absolute Gasteiger partial charge is 0.123 e. The van der Waals surface area contributed by atoms with Gasteiger partial charge in [-0.3, -0.25) is 0 Å². The predicted octanol–water partition coefficient (Wildman–Crippen LogP) is 3.12. The largest absolute Gasteiger partial charge is 0.207 e. The molecular formula is C10H11F. The van der Waals surface area contributed by atoms with Crippen molar-refractivity contribution >= 4 is 0 Å². The fourth-order valence-electron chi connectivity index (χ4n) is 0.902. The van der Waals surface area contributed by atoms with Crippen LogP contribution in [0.3, 0.4) is 0 Å². The summed E-state index contributed by atoms with van der Waals surface area (Å²) in [5.74, 6) is 0.112. The van der Waals surface area contributed by atoms with E-state index in [1.165, 1.54) is 12.1 Å². The molecule has 1 atom stereocenters. The zero-order chi connectivity index (χ0) is 8.27. The van der Waals surface area contributed by atoms with Gasteiger partial charge in [0.05, 0.1) is 0 Å². The van der Waals surface area contributed by atoms with Gasteiger partial charge in [0.15, 0.2) is 0 Å². The number of allylic oxidation sites excluding steroid dienone is 1. The van der Waals surface area contributed by atoms with E-state index in [0.29, 0.717) is 5.92 Å². The first-order valence-corrected chi connectivity index (χ1v) is 3.62. The van der Waals surface area contributed by atoms with Gasteiger partial charge in [-0.25, -0.2) is 4.39 Å². The second kappa shape index (κ2) is 3.33. The Kier molecular flexibility index (Phi) is 2.42. The van der Waals surface area contributed by atoms with Crippen molar-refractivity contribution in [3.63, 3.8) is 0 Å². The molecule has 0 radical (unpaired) electrons. The van der Waals surface area contributed by atoms with E-state index >= 15 is 0 Å². The Hall–Kier alpha value is -1.11. The van der Waals surface area contributed by atoms with Gasteiger partial charge in [0.1, 0.15) is 5.82 Å². The maximum atomic E-state index is 12.4. The van der Waals surface area contributed by atoms with Gasteiger partial charge in [-0.15, -0.1) is 6.58 Å². The topological polar surface area (TPSA) is 0 Å². The van der Waals surface area contributed by atoms with Crippen molar-refractivity contribution in [2.75, 3.05) is 0 Å². The summed E-state index contributed by atoms with van der Waals surface area (Å²) >= 11 is 0. The van der Waals surface area contributed by atoms with E-state index in [-0.39, 0.29) is 5.82 Å². The maximum absolute atomic E-state index is 12.4. The molecule has 0 saturated carbocycles. The van der Waals surface area contributed by atoms with Crippen LogP contribution in [0.1, 0.15) is 18.4 Å². The first-order chi connectivity index (χ1) is 5.24. The molecule has 1 heteroatoms. The van der Waals surface area contributed by atoms with Crippen LogP contribution < -0.4 is 0 Å². The third kappa shape index (κ3) is 1.90. The molecule has 0 aromatic heterocycles. The summed E-state index contributed by atoms with van der Waals surface area (Å²) in [6, 6.07) is 6.49. The lowest BCUT2D eigenvalue weighted by atomic mass is 10.0. The van der Waals surface area contributed by atoms with Gasteiger partial charge in [-0.2, -0.15) is 0 Å². The third-order valence-corrected chi connectivity index (χ3v) is 1.75. The summed E-state index contributed by atoms with van der Waals surface area (Å²) in [4.78, 5) is 0. The highest BCUT2D eigenvalue weighted by molar-refractivity contribution is 5.22. The zero-order valence-corrected chi connectivity index (χ0v) is 6.55. The molecule has 0 heterocycles. The second-order valence-corrected chi connectivity index (χ2v) is 2.58. The van der Waals surface area contributed by atoms with Crippen molar-refractivity contribution in [1.82, 2.24) is 0 Å². The predicted molar refractivity (Wildman–Crippen MR) is 45.0 cm³/mol. The van der Waals surface area contributed by atoms with Crippen molar-refractivity contribution in [2.45, 2.75) is 12.8 Å². The third-order valence-electron chi connectivity index (χ3n) is 1.75. The van der Waals surface area contributed by atoms with E-state index < -0.39 is 0 Å². The summed E-state index contributed by atoms with van der Waals surface area (Å²) in [7, 11) is 0. The van der Waals surface area contributed by atoms with Crippen LogP contribution in [0.25, 0.3) is 0 Å². The minimum Gasteiger partial charge on any atom is -0.207 e. The highest BCUT2D eigenvalue weighted by Crippen LogP contribution is 2.15. The number of hydrogen-bond acceptors (Lipinski definition) is 0. The maximum Gasteiger partial charge on any atom is 0.123 e. The van der Waals surface area contributed by atoms with Crippen LogP contribution in [0.5, 0.6) is 0 Å². The summed E-state index contributed by atoms with van der Waals surface area (Å²) in [6.45, 7) is 5.69. The SMILES string of the molecule is C=CC(C)c1ccc(F)cc1. The molecule has 1 aromatic carbocycles. The van der Waals surface area contributed by atoms with E-state index in [2.05, 4.69) is 6.58 Å². The van der Waals surface area contributed by atoms with Crippen molar-refractivity contribution in [3.05, 3.63) is 48.3 Å². The monoisotopic (exact) mass is 150 g/mol. The van der Waals surface area contributed by atoms with Gasteiger partial charge in [0, 0.05) is 0 Å². The summed E-state index contributed by atoms with van der Waals surface area (Å²) < 4.78 is 12.4. The molecule has 0 aliphatic heterocycles. The van der Waals surface area contributed by atoms with E-state index in [1.807, 2.05) is 13.0 Å². The van der Waals surface area contributed by atoms with E-state index in [1.54, 1.807) is 12.1 Å². The van der Waals surface area contributed by atoms with E-state index in [4.69, 9.17) is 0 Å². The first-order valence-electron chi connectivity index (χ1n) is 3.62. The van der Waals surface area contributed by atoms with Crippen LogP contribution in [-0.2, 0) is 0 Å². The Bertz CT molecular complexity index is 236. The van der Waals surface area contributed by atoms with Gasteiger partial charge in [0.25, 0.3) is 0 Å². The molecule has 0 N–H and O–H groups in total. The normalized spacial score (nSPS) is 12.5. The molecule has 0 spiro atoms. The number of halogens is 1. The van der Waals surface area contributed by atoms with E-state index in [9.17, 15) is 4.39 Å². The highest BCUT2D eigenvalue weighted by Gasteiger charge is 1.98. The van der Waals surface area contributed by atoms with Crippen LogP contribution in [0.2, 0.25) is 0 Å². The minimum absolute atomic E-state index is 0.190. The van der Waals surface area contributed by atoms with Gasteiger partial charge in [-0.1, -0.05) is 25.1 Å². The van der Waals surface area contributed by atoms with E-state index in [0.717, 1.165) is 5.56 Å². The van der Waals surface area contributed by atoms with Crippen LogP contribution in [0.4, 0.5) is 4.39 Å². The molecule has 1 rings (SSSR count). The lowest BCUT2D eigenvalue weighted by Crippen LogP contribution is -1.87. The zero-order valence-electron chi connectivity index (χ0n) is 6.55. The Morgan fingerprint density at radius 2 is 1.91 bits per heavy atom. The van der Waals surface area contributed by atoms with Crippen molar-refractivity contribution in [2.24, 2.45) is 0 Å². The van der Waals surface area contributed by atoms with Crippen LogP contribution >= 0.6 is 0 Å².